The van der Waals surface area contributed by atoms with E-state index in [0.29, 0.717) is 141 Å². The lowest BCUT2D eigenvalue weighted by molar-refractivity contribution is -0.0175. The number of likely N-dealkylation sites (N-methyl/N-ethyl adjacent to an activating group) is 1. The number of benzene rings is 4. The molecular weight excluding hydrogens is 1360 g/mol. The summed E-state index contributed by atoms with van der Waals surface area (Å²) in [6, 6.07) is 27.5. The molecule has 101 heavy (non-hydrogen) atoms. The molecule has 4 aliphatic rings. The Hall–Kier alpha value is -6.97. The van der Waals surface area contributed by atoms with Crippen LogP contribution in [0.5, 0.6) is 6.01 Å². The normalized spacial score (nSPS) is 18.0. The van der Waals surface area contributed by atoms with Crippen LogP contribution in [0.3, 0.4) is 0 Å². The number of nitriles is 1. The standard InChI is InChI=1S/C73H100ClF2N11O12SSi/c1-72(2,3)99-69(88)78-29-14-27-73(55-18-9-8-10-19-55)87(81-67(100-73)60-50-56(75)23-24-62(60)76)70(89)82(4)35-37-92-39-41-94-43-45-96-47-46-95-44-42-93-40-38-91-36-15-31-83-30-13-20-58(83)53-98-68-79-63-52-84(64-22-12-17-54-16-11-21-61(74)65(54)64)32-26-59(63)66(80-68)85-33-34-86(57(51-85)25-28-77)71(90)97-48-49-101(5,6)7/h8-12,16-19,21-24,50,57-58H,13-15,20,25-27,29-49,51-53H2,1-7H3,(H,78,88)/t57-,58-,73-/m0/s1. The number of ether oxygens (including phenoxy) is 9. The molecule has 3 atom stereocenters. The topological polar surface area (TPSA) is 228 Å². The fraction of sp³-hybridized carbons (Fsp3) is 0.575. The van der Waals surface area contributed by atoms with Crippen molar-refractivity contribution in [2.45, 2.75) is 121 Å². The van der Waals surface area contributed by atoms with E-state index < -0.39 is 42.3 Å². The molecule has 4 aliphatic heterocycles. The van der Waals surface area contributed by atoms with Gasteiger partial charge in [0.2, 0.25) is 0 Å². The van der Waals surface area contributed by atoms with Gasteiger partial charge in [0.25, 0.3) is 0 Å². The maximum absolute atomic E-state index is 15.3. The molecule has 5 heterocycles. The molecule has 2 fully saturated rings. The minimum absolute atomic E-state index is 0.0663. The quantitative estimate of drug-likeness (QED) is 0.0288. The van der Waals surface area contributed by atoms with E-state index >= 15 is 4.39 Å². The van der Waals surface area contributed by atoms with Crippen LogP contribution in [0.25, 0.3) is 10.8 Å². The summed E-state index contributed by atoms with van der Waals surface area (Å²) >= 11 is 8.00. The molecule has 2 saturated heterocycles. The van der Waals surface area contributed by atoms with E-state index in [1.165, 1.54) is 9.91 Å². The molecule has 23 nitrogen and oxygen atoms in total. The van der Waals surface area contributed by atoms with Crippen LogP contribution in [0, 0.1) is 23.0 Å². The number of urea groups is 1. The zero-order chi connectivity index (χ0) is 71.8. The number of nitrogens with one attached hydrogen (secondary N) is 1. The van der Waals surface area contributed by atoms with Gasteiger partial charge >= 0.3 is 24.2 Å². The first-order chi connectivity index (χ1) is 48.7. The fourth-order valence-electron chi connectivity index (χ4n) is 12.5. The Balaban J connectivity index is 0.633. The fourth-order valence-corrected chi connectivity index (χ4v) is 14.9. The third-order valence-corrected chi connectivity index (χ3v) is 21.2. The van der Waals surface area contributed by atoms with Gasteiger partial charge < -0.3 is 67.5 Å². The minimum atomic E-state index is -1.41. The summed E-state index contributed by atoms with van der Waals surface area (Å²) in [5, 5.41) is 21.6. The van der Waals surface area contributed by atoms with Gasteiger partial charge in [-0.05, 0) is 113 Å². The summed E-state index contributed by atoms with van der Waals surface area (Å²) in [4.78, 5) is 59.5. The van der Waals surface area contributed by atoms with Gasteiger partial charge in [0.05, 0.1) is 115 Å². The Labute approximate surface area is 603 Å². The van der Waals surface area contributed by atoms with Crippen LogP contribution in [0.15, 0.2) is 90.0 Å². The number of carbonyl (C=O) groups excluding carboxylic acids is 3. The number of thioether (sulfide) groups is 1. The number of piperazine rings is 1. The van der Waals surface area contributed by atoms with Crippen LogP contribution in [-0.2, 0) is 55.7 Å². The lowest BCUT2D eigenvalue weighted by Gasteiger charge is -2.42. The molecule has 550 valence electrons. The van der Waals surface area contributed by atoms with Crippen molar-refractivity contribution in [3.05, 3.63) is 124 Å². The first-order valence-electron chi connectivity index (χ1n) is 35.2. The molecule has 1 N–H and O–H groups in total. The number of hydrogen-bond donors (Lipinski definition) is 1. The SMILES string of the molecule is CN(CCOCCOCCOCCOCCOCCOCCCN1CCC[C@H]1COc1nc2c(c(N3CCN(C(=O)OCC[Si](C)(C)C)[C@@H](CC#N)C3)n1)CCN(c1cccc3cccc(Cl)c13)C2)C(=O)N1N=C(c2cc(F)ccc2F)S[C@@]1(CCCNC(=O)OC(C)(C)C)c1ccccc1. The molecule has 0 spiro atoms. The highest BCUT2D eigenvalue weighted by molar-refractivity contribution is 8.15. The van der Waals surface area contributed by atoms with Gasteiger partial charge in [0.1, 0.15) is 39.6 Å². The first kappa shape index (κ1) is 78.2. The van der Waals surface area contributed by atoms with Crippen LogP contribution in [-0.4, -0.2) is 231 Å². The highest BCUT2D eigenvalue weighted by Crippen LogP contribution is 2.51. The van der Waals surface area contributed by atoms with Gasteiger partial charge in [0.15, 0.2) is 0 Å². The van der Waals surface area contributed by atoms with Crippen molar-refractivity contribution < 1.29 is 65.8 Å². The van der Waals surface area contributed by atoms with Gasteiger partial charge in [-0.3, -0.25) is 4.90 Å². The molecular formula is C73H100ClF2N11O12SSi. The maximum Gasteiger partial charge on any atom is 0.410 e. The average molecular weight is 1460 g/mol. The summed E-state index contributed by atoms with van der Waals surface area (Å²) < 4.78 is 82.1. The zero-order valence-electron chi connectivity index (χ0n) is 59.6. The van der Waals surface area contributed by atoms with E-state index in [1.54, 1.807) is 32.7 Å². The van der Waals surface area contributed by atoms with E-state index in [4.69, 9.17) is 64.2 Å². The van der Waals surface area contributed by atoms with Crippen LogP contribution < -0.4 is 19.9 Å². The maximum atomic E-state index is 15.3. The third-order valence-electron chi connectivity index (χ3n) is 17.7. The number of rotatable bonds is 37. The van der Waals surface area contributed by atoms with E-state index in [-0.39, 0.29) is 61.5 Å². The van der Waals surface area contributed by atoms with Gasteiger partial charge in [-0.2, -0.15) is 25.3 Å². The Morgan fingerprint density at radius 1 is 0.792 bits per heavy atom. The van der Waals surface area contributed by atoms with Gasteiger partial charge in [-0.15, -0.1) is 0 Å². The van der Waals surface area contributed by atoms with Crippen LogP contribution in [0.1, 0.15) is 81.7 Å². The van der Waals surface area contributed by atoms with E-state index in [2.05, 4.69) is 75.1 Å². The summed E-state index contributed by atoms with van der Waals surface area (Å²) in [5.41, 5.74) is 2.95. The molecule has 1 aromatic heterocycles. The number of aromatic nitrogens is 2. The largest absolute Gasteiger partial charge is 0.462 e. The van der Waals surface area contributed by atoms with Crippen LogP contribution in [0.4, 0.5) is 34.7 Å². The van der Waals surface area contributed by atoms with E-state index in [9.17, 15) is 24.0 Å². The molecule has 5 aromatic rings. The van der Waals surface area contributed by atoms with Crippen molar-refractivity contribution in [3.8, 4) is 12.1 Å². The predicted octanol–water partition coefficient (Wildman–Crippen LogP) is 12.0. The lowest BCUT2D eigenvalue weighted by Crippen LogP contribution is -2.56. The number of fused-ring (bicyclic) bond motifs is 2. The highest BCUT2D eigenvalue weighted by atomic mass is 35.5. The molecule has 28 heteroatoms. The number of hydrogen-bond acceptors (Lipinski definition) is 20. The molecule has 4 amide bonds. The number of nitrogens with zero attached hydrogens (tertiary/aromatic N) is 10. The molecule has 0 saturated carbocycles. The van der Waals surface area contributed by atoms with Crippen molar-refractivity contribution in [2.75, 3.05) is 162 Å². The Morgan fingerprint density at radius 3 is 2.16 bits per heavy atom. The number of alkyl carbamates (subject to hydrolysis) is 1. The van der Waals surface area contributed by atoms with Crippen molar-refractivity contribution in [3.63, 3.8) is 0 Å². The van der Waals surface area contributed by atoms with Gasteiger partial charge in [0, 0.05) is 95.8 Å². The summed E-state index contributed by atoms with van der Waals surface area (Å²) in [5.74, 6) is -0.526. The minimum Gasteiger partial charge on any atom is -0.462 e. The number of carbonyl (C=O) groups is 3. The molecule has 4 aromatic carbocycles. The van der Waals surface area contributed by atoms with Crippen LogP contribution in [0.2, 0.25) is 30.7 Å². The first-order valence-corrected chi connectivity index (χ1v) is 40.1. The molecule has 0 bridgehead atoms. The number of anilines is 2. The second-order valence-electron chi connectivity index (χ2n) is 27.6. The second kappa shape index (κ2) is 38.5. The number of hydrazone groups is 1. The average Bonchev–Trinajstić information content (AvgIpc) is 1.64. The molecule has 0 unspecified atom stereocenters. The lowest BCUT2D eigenvalue weighted by atomic mass is 10.0. The van der Waals surface area contributed by atoms with E-state index in [1.807, 2.05) is 42.5 Å². The number of amides is 4. The Bertz CT molecular complexity index is 3570. The molecule has 0 aliphatic carbocycles. The van der Waals surface area contributed by atoms with Gasteiger partial charge in [-0.25, -0.2) is 23.2 Å². The molecule has 9 rings (SSSR count). The van der Waals surface area contributed by atoms with Crippen molar-refractivity contribution in [2.24, 2.45) is 5.10 Å². The molecule has 0 radical (unpaired) electrons. The zero-order valence-corrected chi connectivity index (χ0v) is 62.1. The summed E-state index contributed by atoms with van der Waals surface area (Å²) in [6.07, 6.45) is 3.54. The predicted molar refractivity (Wildman–Crippen MR) is 390 cm³/mol. The Kier molecular flexibility index (Phi) is 29.8. The third kappa shape index (κ3) is 23.0. The highest BCUT2D eigenvalue weighted by Gasteiger charge is 2.50. The van der Waals surface area contributed by atoms with Gasteiger partial charge in [-0.1, -0.05) is 97.6 Å². The smallest absolute Gasteiger partial charge is 0.410 e. The number of likely N-dealkylation sites (tertiary alicyclic amines) is 1. The Morgan fingerprint density at radius 2 is 1.48 bits per heavy atom. The summed E-state index contributed by atoms with van der Waals surface area (Å²) in [6.45, 7) is 22.5. The van der Waals surface area contributed by atoms with Crippen molar-refractivity contribution >= 4 is 77.0 Å². The number of halogens is 3. The summed E-state index contributed by atoms with van der Waals surface area (Å²) in [7, 11) is 0.213. The van der Waals surface area contributed by atoms with E-state index in [0.717, 1.165) is 108 Å². The van der Waals surface area contributed by atoms with Crippen molar-refractivity contribution in [1.29, 1.82) is 5.26 Å². The van der Waals surface area contributed by atoms with Crippen LogP contribution >= 0.6 is 23.4 Å². The monoisotopic (exact) mass is 1460 g/mol. The second-order valence-corrected chi connectivity index (χ2v) is 34.9. The van der Waals surface area contributed by atoms with Crippen molar-refractivity contribution in [1.82, 2.24) is 35.0 Å².